The van der Waals surface area contributed by atoms with Crippen molar-refractivity contribution in [3.05, 3.63) is 29.8 Å². The van der Waals surface area contributed by atoms with E-state index >= 15 is 0 Å². The summed E-state index contributed by atoms with van der Waals surface area (Å²) in [5, 5.41) is 12.8. The van der Waals surface area contributed by atoms with Gasteiger partial charge in [-0.1, -0.05) is 6.92 Å². The summed E-state index contributed by atoms with van der Waals surface area (Å²) in [6.07, 6.45) is 2.64. The number of aliphatic hydroxyl groups is 1. The molecule has 5 heteroatoms. The molecule has 1 aromatic rings. The molecule has 0 aliphatic carbocycles. The number of thioether (sulfide) groups is 1. The second kappa shape index (κ2) is 8.60. The topological polar surface area (TPSA) is 32.3 Å². The molecule has 1 unspecified atom stereocenters. The molecule has 1 rings (SSSR count). The molecule has 0 amide bonds. The van der Waals surface area contributed by atoms with Gasteiger partial charge in [0.1, 0.15) is 11.6 Å². The van der Waals surface area contributed by atoms with Gasteiger partial charge in [0, 0.05) is 10.4 Å². The fraction of sp³-hybridized carbons (Fsp3) is 0.600. The number of halogens is 2. The van der Waals surface area contributed by atoms with Crippen LogP contribution in [0.3, 0.4) is 0 Å². The number of hydrogen-bond donors (Lipinski definition) is 2. The van der Waals surface area contributed by atoms with Crippen molar-refractivity contribution < 1.29 is 13.9 Å². The van der Waals surface area contributed by atoms with E-state index in [0.717, 1.165) is 37.9 Å². The van der Waals surface area contributed by atoms with Crippen molar-refractivity contribution in [3.63, 3.8) is 0 Å². The van der Waals surface area contributed by atoms with Crippen molar-refractivity contribution in [3.8, 4) is 0 Å². The Labute approximate surface area is 124 Å². The highest BCUT2D eigenvalue weighted by Gasteiger charge is 2.21. The van der Waals surface area contributed by atoms with Gasteiger partial charge in [0.05, 0.1) is 6.61 Å². The van der Waals surface area contributed by atoms with Crippen LogP contribution in [0.5, 0.6) is 0 Å². The van der Waals surface area contributed by atoms with Crippen LogP contribution in [0.2, 0.25) is 0 Å². The lowest BCUT2D eigenvalue weighted by Gasteiger charge is -2.28. The Balaban J connectivity index is 2.38. The molecule has 2 nitrogen and oxygen atoms in total. The lowest BCUT2D eigenvalue weighted by molar-refractivity contribution is 0.165. The lowest BCUT2D eigenvalue weighted by atomic mass is 9.97. The van der Waals surface area contributed by atoms with E-state index in [0.29, 0.717) is 10.6 Å². The Morgan fingerprint density at radius 3 is 2.75 bits per heavy atom. The van der Waals surface area contributed by atoms with Gasteiger partial charge in [-0.15, -0.1) is 11.8 Å². The van der Waals surface area contributed by atoms with Gasteiger partial charge >= 0.3 is 0 Å². The van der Waals surface area contributed by atoms with Crippen LogP contribution < -0.4 is 5.32 Å². The summed E-state index contributed by atoms with van der Waals surface area (Å²) < 4.78 is 26.4. The van der Waals surface area contributed by atoms with Gasteiger partial charge in [0.15, 0.2) is 0 Å². The van der Waals surface area contributed by atoms with E-state index in [1.165, 1.54) is 17.8 Å². The van der Waals surface area contributed by atoms with Gasteiger partial charge in [-0.3, -0.25) is 0 Å². The third kappa shape index (κ3) is 5.77. The molecule has 0 saturated carbocycles. The minimum atomic E-state index is -0.418. The molecule has 1 aromatic carbocycles. The van der Waals surface area contributed by atoms with Crippen molar-refractivity contribution in [1.82, 2.24) is 5.32 Å². The van der Waals surface area contributed by atoms with Gasteiger partial charge in [-0.05, 0) is 56.7 Å². The molecule has 0 heterocycles. The fourth-order valence-corrected chi connectivity index (χ4v) is 2.79. The average Bonchev–Trinajstić information content (AvgIpc) is 2.45. The van der Waals surface area contributed by atoms with E-state index in [2.05, 4.69) is 12.2 Å². The molecule has 0 aliphatic heterocycles. The van der Waals surface area contributed by atoms with Crippen LogP contribution in [0.25, 0.3) is 0 Å². The van der Waals surface area contributed by atoms with Gasteiger partial charge in [0.2, 0.25) is 0 Å². The monoisotopic (exact) mass is 303 g/mol. The van der Waals surface area contributed by atoms with Crippen LogP contribution in [-0.4, -0.2) is 29.5 Å². The van der Waals surface area contributed by atoms with E-state index in [4.69, 9.17) is 0 Å². The molecule has 0 fully saturated rings. The van der Waals surface area contributed by atoms with E-state index < -0.39 is 5.82 Å². The molecule has 0 aliphatic rings. The molecule has 0 radical (unpaired) electrons. The van der Waals surface area contributed by atoms with Gasteiger partial charge in [-0.2, -0.15) is 0 Å². The molecular formula is C15H23F2NOS. The summed E-state index contributed by atoms with van der Waals surface area (Å²) in [5.41, 5.74) is -0.295. The van der Waals surface area contributed by atoms with E-state index in [9.17, 15) is 13.9 Å². The fourth-order valence-electron chi connectivity index (χ4n) is 1.88. The molecule has 0 bridgehead atoms. The van der Waals surface area contributed by atoms with Gasteiger partial charge < -0.3 is 10.4 Å². The second-order valence-electron chi connectivity index (χ2n) is 5.17. The normalized spacial score (nSPS) is 14.2. The minimum Gasteiger partial charge on any atom is -0.394 e. The standard InChI is InChI=1S/C15H23F2NOS/c1-3-8-18-15(2,11-19)7-4-9-20-14-10-12(16)5-6-13(14)17/h5-6,10,18-19H,3-4,7-9,11H2,1-2H3. The maximum atomic E-state index is 13.4. The Bertz CT molecular complexity index is 417. The number of nitrogens with one attached hydrogen (secondary N) is 1. The zero-order valence-electron chi connectivity index (χ0n) is 12.1. The maximum absolute atomic E-state index is 13.4. The zero-order valence-corrected chi connectivity index (χ0v) is 12.9. The van der Waals surface area contributed by atoms with Crippen molar-refractivity contribution in [1.29, 1.82) is 0 Å². The predicted octanol–water partition coefficient (Wildman–Crippen LogP) is 3.59. The van der Waals surface area contributed by atoms with Crippen molar-refractivity contribution in [2.24, 2.45) is 0 Å². The highest BCUT2D eigenvalue weighted by molar-refractivity contribution is 7.99. The van der Waals surface area contributed by atoms with Crippen LogP contribution >= 0.6 is 11.8 Å². The first-order valence-electron chi connectivity index (χ1n) is 6.94. The summed E-state index contributed by atoms with van der Waals surface area (Å²) in [5.74, 6) is -0.104. The smallest absolute Gasteiger partial charge is 0.136 e. The van der Waals surface area contributed by atoms with Gasteiger partial charge in [0.25, 0.3) is 0 Å². The first kappa shape index (κ1) is 17.4. The molecule has 0 spiro atoms. The number of hydrogen-bond acceptors (Lipinski definition) is 3. The Kier molecular flexibility index (Phi) is 7.48. The Morgan fingerprint density at radius 2 is 2.10 bits per heavy atom. The molecule has 0 aromatic heterocycles. The van der Waals surface area contributed by atoms with Gasteiger partial charge in [-0.25, -0.2) is 8.78 Å². The van der Waals surface area contributed by atoms with Crippen LogP contribution in [0.15, 0.2) is 23.1 Å². The third-order valence-electron chi connectivity index (χ3n) is 3.17. The molecular weight excluding hydrogens is 280 g/mol. The lowest BCUT2D eigenvalue weighted by Crippen LogP contribution is -2.46. The van der Waals surface area contributed by atoms with E-state index in [1.54, 1.807) is 0 Å². The number of aliphatic hydroxyl groups excluding tert-OH is 1. The number of rotatable bonds is 9. The van der Waals surface area contributed by atoms with Crippen molar-refractivity contribution in [2.45, 2.75) is 43.5 Å². The highest BCUT2D eigenvalue weighted by atomic mass is 32.2. The predicted molar refractivity (Wildman–Crippen MR) is 80.1 cm³/mol. The van der Waals surface area contributed by atoms with Crippen molar-refractivity contribution in [2.75, 3.05) is 18.9 Å². The third-order valence-corrected chi connectivity index (χ3v) is 4.29. The number of benzene rings is 1. The SMILES string of the molecule is CCCNC(C)(CO)CCCSc1cc(F)ccc1F. The maximum Gasteiger partial charge on any atom is 0.136 e. The van der Waals surface area contributed by atoms with Crippen LogP contribution in [0, 0.1) is 11.6 Å². The summed E-state index contributed by atoms with van der Waals surface area (Å²) in [6, 6.07) is 3.50. The second-order valence-corrected chi connectivity index (χ2v) is 6.31. The van der Waals surface area contributed by atoms with E-state index in [1.807, 2.05) is 6.92 Å². The van der Waals surface area contributed by atoms with Crippen molar-refractivity contribution >= 4 is 11.8 Å². The zero-order chi connectivity index (χ0) is 15.0. The van der Waals surface area contributed by atoms with Crippen LogP contribution in [-0.2, 0) is 0 Å². The van der Waals surface area contributed by atoms with Crippen LogP contribution in [0.1, 0.15) is 33.1 Å². The first-order chi connectivity index (χ1) is 9.50. The van der Waals surface area contributed by atoms with Crippen LogP contribution in [0.4, 0.5) is 8.78 Å². The summed E-state index contributed by atoms with van der Waals surface area (Å²) in [7, 11) is 0. The quantitative estimate of drug-likeness (QED) is 0.540. The van der Waals surface area contributed by atoms with E-state index in [-0.39, 0.29) is 18.0 Å². The summed E-state index contributed by atoms with van der Waals surface area (Å²) in [4.78, 5) is 0.345. The molecule has 1 atom stereocenters. The largest absolute Gasteiger partial charge is 0.394 e. The average molecular weight is 303 g/mol. The summed E-state index contributed by atoms with van der Waals surface area (Å²) >= 11 is 1.31. The first-order valence-corrected chi connectivity index (χ1v) is 7.93. The minimum absolute atomic E-state index is 0.0754. The molecule has 20 heavy (non-hydrogen) atoms. The highest BCUT2D eigenvalue weighted by Crippen LogP contribution is 2.24. The molecule has 0 saturated heterocycles. The molecule has 114 valence electrons. The Morgan fingerprint density at radius 1 is 1.35 bits per heavy atom. The summed E-state index contributed by atoms with van der Waals surface area (Å²) in [6.45, 7) is 5.00. The molecule has 2 N–H and O–H groups in total. The Hall–Kier alpha value is -0.650.